The molecule has 100 valence electrons. The summed E-state index contributed by atoms with van der Waals surface area (Å²) in [6.45, 7) is 1.88. The van der Waals surface area contributed by atoms with Gasteiger partial charge in [-0.15, -0.1) is 11.3 Å². The Morgan fingerprint density at radius 2 is 2.00 bits per heavy atom. The quantitative estimate of drug-likeness (QED) is 0.603. The van der Waals surface area contributed by atoms with E-state index in [4.69, 9.17) is 11.6 Å². The van der Waals surface area contributed by atoms with Crippen molar-refractivity contribution in [3.05, 3.63) is 45.7 Å². The average Bonchev–Trinajstić information content (AvgIpc) is 3.03. The van der Waals surface area contributed by atoms with Gasteiger partial charge < -0.3 is 0 Å². The largest absolute Gasteiger partial charge is 0.232 e. The molecule has 1 aliphatic rings. The maximum absolute atomic E-state index is 6.22. The molecule has 0 atom stereocenters. The first kappa shape index (κ1) is 12.3. The van der Waals surface area contributed by atoms with Crippen LogP contribution < -0.4 is 0 Å². The zero-order valence-corrected chi connectivity index (χ0v) is 12.7. The first-order chi connectivity index (χ1) is 9.72. The lowest BCUT2D eigenvalue weighted by atomic mass is 10.0. The van der Waals surface area contributed by atoms with Gasteiger partial charge in [-0.05, 0) is 42.9 Å². The van der Waals surface area contributed by atoms with Gasteiger partial charge in [0.15, 0.2) is 5.15 Å². The number of hydrogen-bond donors (Lipinski definition) is 0. The molecule has 0 bridgehead atoms. The molecule has 0 radical (unpaired) electrons. The van der Waals surface area contributed by atoms with E-state index in [0.29, 0.717) is 5.15 Å². The molecule has 2 heterocycles. The third-order valence-electron chi connectivity index (χ3n) is 3.90. The van der Waals surface area contributed by atoms with E-state index in [1.807, 2.05) is 6.92 Å². The van der Waals surface area contributed by atoms with Crippen molar-refractivity contribution in [2.45, 2.75) is 26.2 Å². The number of rotatable bonds is 1. The van der Waals surface area contributed by atoms with Crippen molar-refractivity contribution in [1.82, 2.24) is 9.97 Å². The van der Waals surface area contributed by atoms with Crippen LogP contribution in [0, 0.1) is 6.92 Å². The number of aromatic nitrogens is 2. The fourth-order valence-corrected chi connectivity index (χ4v) is 4.17. The van der Waals surface area contributed by atoms with Crippen molar-refractivity contribution in [1.29, 1.82) is 0 Å². The lowest BCUT2D eigenvalue weighted by Crippen LogP contribution is -1.89. The minimum atomic E-state index is 0.560. The van der Waals surface area contributed by atoms with E-state index in [-0.39, 0.29) is 0 Å². The molecule has 0 unspecified atom stereocenters. The summed E-state index contributed by atoms with van der Waals surface area (Å²) in [5, 5.41) is 2.70. The van der Waals surface area contributed by atoms with E-state index in [1.54, 1.807) is 11.3 Å². The summed E-state index contributed by atoms with van der Waals surface area (Å²) < 4.78 is 0.979. The third-order valence-corrected chi connectivity index (χ3v) is 5.26. The number of benzene rings is 1. The van der Waals surface area contributed by atoms with Crippen molar-refractivity contribution < 1.29 is 0 Å². The molecule has 1 aliphatic carbocycles. The predicted molar refractivity (Wildman–Crippen MR) is 84.6 cm³/mol. The number of halogens is 1. The van der Waals surface area contributed by atoms with Gasteiger partial charge in [0.25, 0.3) is 0 Å². The molecule has 2 aromatic heterocycles. The van der Waals surface area contributed by atoms with Crippen molar-refractivity contribution in [3.8, 4) is 11.1 Å². The molecule has 1 aromatic carbocycles. The Hall–Kier alpha value is -1.45. The van der Waals surface area contributed by atoms with Gasteiger partial charge in [-0.25, -0.2) is 9.97 Å². The molecular formula is C16H13ClN2S. The van der Waals surface area contributed by atoms with Gasteiger partial charge in [0, 0.05) is 10.9 Å². The Morgan fingerprint density at radius 3 is 2.90 bits per heavy atom. The van der Waals surface area contributed by atoms with Crippen LogP contribution in [-0.4, -0.2) is 9.97 Å². The van der Waals surface area contributed by atoms with Gasteiger partial charge in [-0.3, -0.25) is 0 Å². The van der Waals surface area contributed by atoms with Gasteiger partial charge in [0.05, 0.1) is 10.2 Å². The zero-order chi connectivity index (χ0) is 13.7. The molecule has 0 spiro atoms. The summed E-state index contributed by atoms with van der Waals surface area (Å²) in [7, 11) is 0. The topological polar surface area (TPSA) is 25.8 Å². The monoisotopic (exact) mass is 300 g/mol. The molecule has 20 heavy (non-hydrogen) atoms. The Balaban J connectivity index is 1.94. The first-order valence-electron chi connectivity index (χ1n) is 6.76. The summed E-state index contributed by atoms with van der Waals surface area (Å²) in [6.07, 6.45) is 3.68. The van der Waals surface area contributed by atoms with E-state index >= 15 is 0 Å². The SMILES string of the molecule is Cc1nc(Cl)c2scc(-c3ccc4c(c3)CCC4)c2n1. The number of nitrogens with zero attached hydrogens (tertiary/aromatic N) is 2. The maximum Gasteiger partial charge on any atom is 0.150 e. The van der Waals surface area contributed by atoms with Crippen molar-refractivity contribution in [3.63, 3.8) is 0 Å². The number of thiophene rings is 1. The van der Waals surface area contributed by atoms with Crippen LogP contribution in [0.5, 0.6) is 0 Å². The van der Waals surface area contributed by atoms with Crippen LogP contribution in [0.2, 0.25) is 5.15 Å². The molecule has 0 N–H and O–H groups in total. The molecule has 2 nitrogen and oxygen atoms in total. The molecule has 4 heteroatoms. The zero-order valence-electron chi connectivity index (χ0n) is 11.1. The number of fused-ring (bicyclic) bond motifs is 2. The number of aryl methyl sites for hydroxylation is 3. The molecule has 3 aromatic rings. The number of hydrogen-bond acceptors (Lipinski definition) is 3. The predicted octanol–water partition coefficient (Wildman–Crippen LogP) is 4.81. The maximum atomic E-state index is 6.22. The Morgan fingerprint density at radius 1 is 1.15 bits per heavy atom. The summed E-state index contributed by atoms with van der Waals surface area (Å²) in [5.41, 5.74) is 6.37. The smallest absolute Gasteiger partial charge is 0.150 e. The minimum Gasteiger partial charge on any atom is -0.232 e. The molecule has 4 rings (SSSR count). The second-order valence-corrected chi connectivity index (χ2v) is 6.46. The Kier molecular flexibility index (Phi) is 2.79. The van der Waals surface area contributed by atoms with Crippen LogP contribution >= 0.6 is 22.9 Å². The van der Waals surface area contributed by atoms with Crippen LogP contribution in [0.15, 0.2) is 23.6 Å². The van der Waals surface area contributed by atoms with E-state index < -0.39 is 0 Å². The fourth-order valence-electron chi connectivity index (χ4n) is 2.93. The van der Waals surface area contributed by atoms with Gasteiger partial charge in [0.2, 0.25) is 0 Å². The highest BCUT2D eigenvalue weighted by molar-refractivity contribution is 7.18. The molecule has 0 saturated carbocycles. The van der Waals surface area contributed by atoms with Crippen molar-refractivity contribution in [2.75, 3.05) is 0 Å². The second-order valence-electron chi connectivity index (χ2n) is 5.23. The highest BCUT2D eigenvalue weighted by Gasteiger charge is 2.15. The molecule has 0 saturated heterocycles. The van der Waals surface area contributed by atoms with E-state index in [9.17, 15) is 0 Å². The molecule has 0 amide bonds. The molecular weight excluding hydrogens is 288 g/mol. The second kappa shape index (κ2) is 4.54. The normalized spacial score (nSPS) is 13.9. The average molecular weight is 301 g/mol. The first-order valence-corrected chi connectivity index (χ1v) is 8.01. The third kappa shape index (κ3) is 1.85. The fraction of sp³-hybridized carbons (Fsp3) is 0.250. The van der Waals surface area contributed by atoms with E-state index in [0.717, 1.165) is 16.0 Å². The van der Waals surface area contributed by atoms with Crippen LogP contribution in [0.3, 0.4) is 0 Å². The lowest BCUT2D eigenvalue weighted by molar-refractivity contribution is 0.912. The van der Waals surface area contributed by atoms with Crippen LogP contribution in [-0.2, 0) is 12.8 Å². The van der Waals surface area contributed by atoms with Crippen LogP contribution in [0.1, 0.15) is 23.4 Å². The molecule has 0 aliphatic heterocycles. The summed E-state index contributed by atoms with van der Waals surface area (Å²) in [5.74, 6) is 0.725. The van der Waals surface area contributed by atoms with Gasteiger partial charge in [-0.1, -0.05) is 29.8 Å². The molecule has 0 fully saturated rings. The van der Waals surface area contributed by atoms with Crippen molar-refractivity contribution in [2.24, 2.45) is 0 Å². The summed E-state index contributed by atoms with van der Waals surface area (Å²) in [4.78, 5) is 8.81. The Labute approximate surface area is 126 Å². The lowest BCUT2D eigenvalue weighted by Gasteiger charge is -2.04. The van der Waals surface area contributed by atoms with Gasteiger partial charge in [0.1, 0.15) is 5.82 Å². The highest BCUT2D eigenvalue weighted by atomic mass is 35.5. The van der Waals surface area contributed by atoms with Gasteiger partial charge in [-0.2, -0.15) is 0 Å². The summed E-state index contributed by atoms with van der Waals surface area (Å²) in [6, 6.07) is 6.78. The van der Waals surface area contributed by atoms with Crippen LogP contribution in [0.4, 0.5) is 0 Å². The van der Waals surface area contributed by atoms with Gasteiger partial charge >= 0.3 is 0 Å². The summed E-state index contributed by atoms with van der Waals surface area (Å²) >= 11 is 7.84. The standard InChI is InChI=1S/C16H13ClN2S/c1-9-18-14-13(8-20-15(14)16(17)19-9)12-6-5-10-3-2-4-11(10)7-12/h5-8H,2-4H2,1H3. The van der Waals surface area contributed by atoms with E-state index in [1.165, 1.54) is 41.5 Å². The highest BCUT2D eigenvalue weighted by Crippen LogP contribution is 2.37. The minimum absolute atomic E-state index is 0.560. The van der Waals surface area contributed by atoms with Crippen LogP contribution in [0.25, 0.3) is 21.3 Å². The van der Waals surface area contributed by atoms with E-state index in [2.05, 4.69) is 33.5 Å². The van der Waals surface area contributed by atoms with Crippen molar-refractivity contribution >= 4 is 33.2 Å². The Bertz CT molecular complexity index is 823.